The third kappa shape index (κ3) is 9.43. The highest BCUT2D eigenvalue weighted by Crippen LogP contribution is 2.26. The average Bonchev–Trinajstić information content (AvgIpc) is 3.28. The van der Waals surface area contributed by atoms with Gasteiger partial charge in [0.05, 0.1) is 25.9 Å². The largest absolute Gasteiger partial charge is 0.374 e. The Hall–Kier alpha value is -2.45. The molecule has 3 rings (SSSR count). The van der Waals surface area contributed by atoms with E-state index >= 15 is 0 Å². The number of hydrogen-bond donors (Lipinski definition) is 0. The van der Waals surface area contributed by atoms with Crippen molar-refractivity contribution in [3.05, 3.63) is 71.8 Å². The predicted molar refractivity (Wildman–Crippen MR) is 135 cm³/mol. The van der Waals surface area contributed by atoms with Crippen molar-refractivity contribution < 1.29 is 19.0 Å². The predicted octanol–water partition coefficient (Wildman–Crippen LogP) is 6.27. The molecule has 0 bridgehead atoms. The fourth-order valence-electron chi connectivity index (χ4n) is 4.08. The standard InChI is InChI=1S/C30H38O4/c1-2-3-4-5-6-7-8-15-20-27(31)28-21-29(33-23-26-18-13-10-14-19-26)30(34-28)24-32-22-25-16-11-9-12-17-25/h9-14,16-19,28-30H,2-8,21-24H2,1H3. The monoisotopic (exact) mass is 462 g/mol. The van der Waals surface area contributed by atoms with Crippen molar-refractivity contribution >= 4 is 5.78 Å². The van der Waals surface area contributed by atoms with Crippen LogP contribution in [-0.4, -0.2) is 30.7 Å². The second kappa shape index (κ2) is 15.5. The normalized spacial score (nSPS) is 19.5. The summed E-state index contributed by atoms with van der Waals surface area (Å²) in [7, 11) is 0. The van der Waals surface area contributed by atoms with Crippen molar-refractivity contribution in [2.75, 3.05) is 6.61 Å². The second-order valence-corrected chi connectivity index (χ2v) is 8.92. The minimum Gasteiger partial charge on any atom is -0.374 e. The molecule has 0 aromatic heterocycles. The zero-order valence-corrected chi connectivity index (χ0v) is 20.4. The van der Waals surface area contributed by atoms with Crippen LogP contribution in [0.3, 0.4) is 0 Å². The van der Waals surface area contributed by atoms with Gasteiger partial charge in [-0.25, -0.2) is 0 Å². The van der Waals surface area contributed by atoms with Crippen LogP contribution in [0.25, 0.3) is 0 Å². The number of ether oxygens (including phenoxy) is 3. The first-order valence-electron chi connectivity index (χ1n) is 12.7. The number of carbonyl (C=O) groups excluding carboxylic acids is 1. The van der Waals surface area contributed by atoms with Crippen molar-refractivity contribution in [2.45, 2.75) is 89.8 Å². The molecule has 1 fully saturated rings. The van der Waals surface area contributed by atoms with Crippen LogP contribution in [0.15, 0.2) is 60.7 Å². The Bertz CT molecular complexity index is 884. The Balaban J connectivity index is 1.48. The maximum atomic E-state index is 12.7. The molecule has 2 aromatic rings. The van der Waals surface area contributed by atoms with Crippen LogP contribution in [-0.2, 0) is 32.2 Å². The summed E-state index contributed by atoms with van der Waals surface area (Å²) in [4.78, 5) is 12.7. The Morgan fingerprint density at radius 3 is 2.26 bits per heavy atom. The minimum absolute atomic E-state index is 0.148. The van der Waals surface area contributed by atoms with E-state index in [1.807, 2.05) is 60.7 Å². The highest BCUT2D eigenvalue weighted by Gasteiger charge is 2.39. The van der Waals surface area contributed by atoms with Gasteiger partial charge in [-0.3, -0.25) is 4.79 Å². The number of unbranched alkanes of at least 4 members (excludes halogenated alkanes) is 6. The number of ketones is 1. The van der Waals surface area contributed by atoms with Crippen molar-refractivity contribution in [3.63, 3.8) is 0 Å². The first-order chi connectivity index (χ1) is 16.8. The van der Waals surface area contributed by atoms with Gasteiger partial charge in [-0.05, 0) is 23.5 Å². The summed E-state index contributed by atoms with van der Waals surface area (Å²) in [5.41, 5.74) is 2.20. The second-order valence-electron chi connectivity index (χ2n) is 8.92. The van der Waals surface area contributed by atoms with Gasteiger partial charge in [-0.1, -0.05) is 106 Å². The number of rotatable bonds is 14. The minimum atomic E-state index is -0.553. The molecule has 1 aliphatic rings. The zero-order chi connectivity index (χ0) is 23.8. The van der Waals surface area contributed by atoms with E-state index in [1.54, 1.807) is 0 Å². The summed E-state index contributed by atoms with van der Waals surface area (Å²) < 4.78 is 18.2. The third-order valence-electron chi connectivity index (χ3n) is 6.06. The lowest BCUT2D eigenvalue weighted by Crippen LogP contribution is -2.29. The molecular weight excluding hydrogens is 424 g/mol. The lowest BCUT2D eigenvalue weighted by atomic mass is 10.1. The summed E-state index contributed by atoms with van der Waals surface area (Å²) in [6, 6.07) is 20.1. The molecule has 1 aliphatic heterocycles. The van der Waals surface area contributed by atoms with Crippen molar-refractivity contribution in [1.82, 2.24) is 0 Å². The Morgan fingerprint density at radius 1 is 0.912 bits per heavy atom. The van der Waals surface area contributed by atoms with Crippen LogP contribution in [0.5, 0.6) is 0 Å². The molecule has 0 radical (unpaired) electrons. The summed E-state index contributed by atoms with van der Waals surface area (Å²) >= 11 is 0. The Morgan fingerprint density at radius 2 is 1.56 bits per heavy atom. The lowest BCUT2D eigenvalue weighted by Gasteiger charge is -2.19. The Kier molecular flexibility index (Phi) is 11.9. The number of carbonyl (C=O) groups is 1. The van der Waals surface area contributed by atoms with E-state index in [9.17, 15) is 4.79 Å². The highest BCUT2D eigenvalue weighted by molar-refractivity contribution is 5.99. The average molecular weight is 463 g/mol. The maximum Gasteiger partial charge on any atom is 0.234 e. The van der Waals surface area contributed by atoms with Gasteiger partial charge in [0.2, 0.25) is 5.78 Å². The van der Waals surface area contributed by atoms with Gasteiger partial charge in [0.15, 0.2) is 0 Å². The van der Waals surface area contributed by atoms with E-state index in [0.29, 0.717) is 26.2 Å². The van der Waals surface area contributed by atoms with Crippen LogP contribution in [0.1, 0.15) is 69.4 Å². The molecule has 3 unspecified atom stereocenters. The molecule has 0 spiro atoms. The van der Waals surface area contributed by atoms with E-state index < -0.39 is 6.10 Å². The van der Waals surface area contributed by atoms with E-state index in [1.165, 1.54) is 32.1 Å². The molecule has 2 aromatic carbocycles. The molecule has 4 heteroatoms. The summed E-state index contributed by atoms with van der Waals surface area (Å²) in [5, 5.41) is 0. The van der Waals surface area contributed by atoms with Crippen molar-refractivity contribution in [3.8, 4) is 11.8 Å². The molecular formula is C30H38O4. The van der Waals surface area contributed by atoms with Gasteiger partial charge < -0.3 is 14.2 Å². The first-order valence-corrected chi connectivity index (χ1v) is 12.7. The number of hydrogen-bond acceptors (Lipinski definition) is 4. The Labute approximate surface area is 205 Å². The number of benzene rings is 2. The third-order valence-corrected chi connectivity index (χ3v) is 6.06. The smallest absolute Gasteiger partial charge is 0.234 e. The van der Waals surface area contributed by atoms with Gasteiger partial charge in [0.25, 0.3) is 0 Å². The SMILES string of the molecule is CCCCCCCCC#CC(=O)C1CC(OCc2ccccc2)C(COCc2ccccc2)O1. The quantitative estimate of drug-likeness (QED) is 0.189. The van der Waals surface area contributed by atoms with Crippen LogP contribution in [0, 0.1) is 11.8 Å². The topological polar surface area (TPSA) is 44.8 Å². The van der Waals surface area contributed by atoms with Crippen molar-refractivity contribution in [2.24, 2.45) is 0 Å². The lowest BCUT2D eigenvalue weighted by molar-refractivity contribution is -0.126. The van der Waals surface area contributed by atoms with Crippen LogP contribution >= 0.6 is 0 Å². The van der Waals surface area contributed by atoms with Crippen LogP contribution < -0.4 is 0 Å². The molecule has 34 heavy (non-hydrogen) atoms. The van der Waals surface area contributed by atoms with Crippen molar-refractivity contribution in [1.29, 1.82) is 0 Å². The van der Waals surface area contributed by atoms with Gasteiger partial charge in [-0.15, -0.1) is 0 Å². The van der Waals surface area contributed by atoms with E-state index in [2.05, 4.69) is 18.8 Å². The molecule has 0 saturated carbocycles. The fourth-order valence-corrected chi connectivity index (χ4v) is 4.08. The van der Waals surface area contributed by atoms with Crippen LogP contribution in [0.2, 0.25) is 0 Å². The highest BCUT2D eigenvalue weighted by atomic mass is 16.6. The maximum absolute atomic E-state index is 12.7. The molecule has 1 saturated heterocycles. The van der Waals surface area contributed by atoms with E-state index in [0.717, 1.165) is 24.0 Å². The van der Waals surface area contributed by atoms with Gasteiger partial charge in [0.1, 0.15) is 12.2 Å². The molecule has 4 nitrogen and oxygen atoms in total. The molecule has 0 amide bonds. The first kappa shape index (κ1) is 26.2. The summed E-state index contributed by atoms with van der Waals surface area (Å²) in [6.07, 6.45) is 7.55. The summed E-state index contributed by atoms with van der Waals surface area (Å²) in [6.45, 7) is 3.58. The molecule has 3 atom stereocenters. The molecule has 0 N–H and O–H groups in total. The van der Waals surface area contributed by atoms with E-state index in [4.69, 9.17) is 14.2 Å². The molecule has 1 heterocycles. The van der Waals surface area contributed by atoms with Gasteiger partial charge >= 0.3 is 0 Å². The van der Waals surface area contributed by atoms with Crippen LogP contribution in [0.4, 0.5) is 0 Å². The van der Waals surface area contributed by atoms with E-state index in [-0.39, 0.29) is 18.0 Å². The fraction of sp³-hybridized carbons (Fsp3) is 0.500. The number of Topliss-reactive ketones (excluding diaryl/α,β-unsaturated/α-hetero) is 1. The molecule has 0 aliphatic carbocycles. The van der Waals surface area contributed by atoms with Gasteiger partial charge in [0, 0.05) is 12.8 Å². The van der Waals surface area contributed by atoms with Gasteiger partial charge in [-0.2, -0.15) is 0 Å². The zero-order valence-electron chi connectivity index (χ0n) is 20.4. The summed E-state index contributed by atoms with van der Waals surface area (Å²) in [5.74, 6) is 5.72. The molecule has 182 valence electrons.